The first-order valence-electron chi connectivity index (χ1n) is 34.8. The average molecular weight is 1160 g/mol. The van der Waals surface area contributed by atoms with Gasteiger partial charge < -0.3 is 20.1 Å². The number of phosphoric acid groups is 1. The molecule has 2 atom stereocenters. The number of hydrogen-bond acceptors (Lipinski definition) is 8. The van der Waals surface area contributed by atoms with Crippen molar-refractivity contribution in [2.45, 2.75) is 354 Å². The quantitative estimate of drug-likeness (QED) is 0.0264. The van der Waals surface area contributed by atoms with Crippen molar-refractivity contribution in [1.82, 2.24) is 0 Å². The van der Waals surface area contributed by atoms with Crippen molar-refractivity contribution < 1.29 is 37.6 Å². The van der Waals surface area contributed by atoms with Gasteiger partial charge in [-0.25, -0.2) is 4.57 Å². The van der Waals surface area contributed by atoms with Gasteiger partial charge in [0.1, 0.15) is 6.61 Å². The van der Waals surface area contributed by atoms with E-state index in [0.29, 0.717) is 6.42 Å². The van der Waals surface area contributed by atoms with Crippen molar-refractivity contribution in [3.63, 3.8) is 0 Å². The Balaban J connectivity index is 3.79. The number of nitrogens with two attached hydrogens (primary N) is 1. The van der Waals surface area contributed by atoms with E-state index in [4.69, 9.17) is 24.3 Å². The summed E-state index contributed by atoms with van der Waals surface area (Å²) in [4.78, 5) is 35.3. The third-order valence-corrected chi connectivity index (χ3v) is 16.4. The molecule has 2 unspecified atom stereocenters. The molecule has 0 aliphatic heterocycles. The van der Waals surface area contributed by atoms with Crippen LogP contribution in [0.25, 0.3) is 0 Å². The summed E-state index contributed by atoms with van der Waals surface area (Å²) in [5.41, 5.74) is 5.39. The molecule has 0 rings (SSSR count). The smallest absolute Gasteiger partial charge is 0.462 e. The van der Waals surface area contributed by atoms with E-state index in [1.54, 1.807) is 0 Å². The maximum absolute atomic E-state index is 12.7. The van der Waals surface area contributed by atoms with Crippen LogP contribution < -0.4 is 5.73 Å². The van der Waals surface area contributed by atoms with Gasteiger partial charge in [-0.15, -0.1) is 0 Å². The minimum Gasteiger partial charge on any atom is -0.462 e. The number of rotatable bonds is 66. The fraction of sp³-hybridized carbons (Fsp3) is 0.831. The number of carbonyl (C=O) groups excluding carboxylic acids is 2. The van der Waals surface area contributed by atoms with Gasteiger partial charge in [0.15, 0.2) is 6.10 Å². The molecule has 0 aliphatic rings. The monoisotopic (exact) mass is 1160 g/mol. The summed E-state index contributed by atoms with van der Waals surface area (Å²) < 4.78 is 33.1. The van der Waals surface area contributed by atoms with Crippen LogP contribution in [0.4, 0.5) is 0 Å². The van der Waals surface area contributed by atoms with E-state index in [-0.39, 0.29) is 38.6 Å². The Bertz CT molecular complexity index is 1510. The van der Waals surface area contributed by atoms with Crippen molar-refractivity contribution in [3.05, 3.63) is 60.8 Å². The van der Waals surface area contributed by atoms with Gasteiger partial charge >= 0.3 is 19.8 Å². The Morgan fingerprint density at radius 1 is 0.370 bits per heavy atom. The van der Waals surface area contributed by atoms with Crippen LogP contribution in [0, 0.1) is 0 Å². The van der Waals surface area contributed by atoms with E-state index in [0.717, 1.165) is 77.0 Å². The van der Waals surface area contributed by atoms with E-state index in [1.807, 2.05) is 0 Å². The highest BCUT2D eigenvalue weighted by Crippen LogP contribution is 2.43. The maximum Gasteiger partial charge on any atom is 0.472 e. The molecule has 0 aliphatic carbocycles. The fourth-order valence-corrected chi connectivity index (χ4v) is 11.0. The van der Waals surface area contributed by atoms with Gasteiger partial charge in [0, 0.05) is 19.4 Å². The van der Waals surface area contributed by atoms with Gasteiger partial charge in [0.2, 0.25) is 0 Å². The first-order chi connectivity index (χ1) is 39.8. The number of ether oxygens (including phenoxy) is 2. The van der Waals surface area contributed by atoms with Crippen LogP contribution in [-0.2, 0) is 32.7 Å². The van der Waals surface area contributed by atoms with Gasteiger partial charge in [-0.2, -0.15) is 0 Å². The third-order valence-electron chi connectivity index (χ3n) is 15.4. The second-order valence-corrected chi connectivity index (χ2v) is 24.8. The molecular weight excluding hydrogens is 1030 g/mol. The van der Waals surface area contributed by atoms with Gasteiger partial charge in [0.05, 0.1) is 13.2 Å². The molecule has 9 nitrogen and oxygen atoms in total. The minimum absolute atomic E-state index is 0.0509. The van der Waals surface area contributed by atoms with Gasteiger partial charge in [-0.1, -0.05) is 312 Å². The van der Waals surface area contributed by atoms with Crippen molar-refractivity contribution in [1.29, 1.82) is 0 Å². The van der Waals surface area contributed by atoms with Crippen LogP contribution in [0.1, 0.15) is 348 Å². The normalized spacial score (nSPS) is 13.3. The average Bonchev–Trinajstić information content (AvgIpc) is 3.46. The zero-order valence-corrected chi connectivity index (χ0v) is 54.2. The Morgan fingerprint density at radius 3 is 0.951 bits per heavy atom. The lowest BCUT2D eigenvalue weighted by molar-refractivity contribution is -0.161. The van der Waals surface area contributed by atoms with E-state index in [9.17, 15) is 19.0 Å². The largest absolute Gasteiger partial charge is 0.472 e. The molecule has 0 amide bonds. The molecule has 0 aromatic heterocycles. The molecule has 0 heterocycles. The number of carbonyl (C=O) groups is 2. The highest BCUT2D eigenvalue weighted by atomic mass is 31.2. The molecule has 0 fully saturated rings. The molecular formula is C71H132NO8P. The van der Waals surface area contributed by atoms with Crippen LogP contribution >= 0.6 is 7.82 Å². The number of allylic oxidation sites excluding steroid dienone is 10. The predicted octanol–water partition coefficient (Wildman–Crippen LogP) is 22.6. The Labute approximate surface area is 501 Å². The zero-order valence-electron chi connectivity index (χ0n) is 53.3. The Hall–Kier alpha value is -2.29. The van der Waals surface area contributed by atoms with E-state index >= 15 is 0 Å². The summed E-state index contributed by atoms with van der Waals surface area (Å²) in [5, 5.41) is 0. The van der Waals surface area contributed by atoms with Gasteiger partial charge in [-0.05, 0) is 83.5 Å². The van der Waals surface area contributed by atoms with Crippen molar-refractivity contribution in [2.24, 2.45) is 5.73 Å². The molecule has 10 heteroatoms. The topological polar surface area (TPSA) is 134 Å². The SMILES string of the molecule is CCCCCCC/C=C\C/C=C\C/C=C\CCCCCCCCC(=O)OC(COC(=O)CCCCCCCCCCCCCCCCCCCCCCCCCCCCC/C=C\C/C=C\CCCCCCC)COP(=O)(O)OCCN. The number of phosphoric ester groups is 1. The summed E-state index contributed by atoms with van der Waals surface area (Å²) in [5.74, 6) is -0.828. The zero-order chi connectivity index (χ0) is 58.7. The molecule has 0 aromatic rings. The fourth-order valence-electron chi connectivity index (χ4n) is 10.2. The van der Waals surface area contributed by atoms with Crippen molar-refractivity contribution in [2.75, 3.05) is 26.4 Å². The van der Waals surface area contributed by atoms with Crippen LogP contribution in [-0.4, -0.2) is 49.3 Å². The van der Waals surface area contributed by atoms with Gasteiger partial charge in [0.25, 0.3) is 0 Å². The van der Waals surface area contributed by atoms with Crippen molar-refractivity contribution >= 4 is 19.8 Å². The summed E-state index contributed by atoms with van der Waals surface area (Å²) in [6.07, 6.45) is 86.1. The molecule has 0 saturated carbocycles. The Kier molecular flexibility index (Phi) is 65.0. The summed E-state index contributed by atoms with van der Waals surface area (Å²) in [6.45, 7) is 3.75. The number of hydrogen-bond donors (Lipinski definition) is 2. The van der Waals surface area contributed by atoms with E-state index < -0.39 is 26.5 Å². The number of unbranched alkanes of at least 4 members (excludes halogenated alkanes) is 43. The number of esters is 2. The second-order valence-electron chi connectivity index (χ2n) is 23.4. The maximum atomic E-state index is 12.7. The molecule has 81 heavy (non-hydrogen) atoms. The second kappa shape index (κ2) is 66.8. The highest BCUT2D eigenvalue weighted by Gasteiger charge is 2.26. The summed E-state index contributed by atoms with van der Waals surface area (Å²) >= 11 is 0. The molecule has 0 saturated heterocycles. The van der Waals surface area contributed by atoms with Crippen molar-refractivity contribution in [3.8, 4) is 0 Å². The standard InChI is InChI=1S/C71H132NO8P/c1-3-5-7-9-11-13-15-17-19-21-23-25-26-27-28-29-30-31-32-33-34-35-36-37-38-39-40-41-42-44-45-47-49-51-53-55-57-59-61-63-70(73)77-67-69(68-79-81(75,76)78-66-65-72)80-71(74)64-62-60-58-56-54-52-50-48-46-43-24-22-20-18-16-14-12-10-8-6-4-2/h15-18,21-24,46,48,69H,3-14,19-20,25-45,47,49-68,72H2,1-2H3,(H,75,76)/b17-15-,18-16-,23-21-,24-22-,48-46-. The van der Waals surface area contributed by atoms with Gasteiger partial charge in [-0.3, -0.25) is 18.6 Å². The first kappa shape index (κ1) is 78.7. The minimum atomic E-state index is -4.40. The lowest BCUT2D eigenvalue weighted by Crippen LogP contribution is -2.29. The Morgan fingerprint density at radius 2 is 0.642 bits per heavy atom. The van der Waals surface area contributed by atoms with Crippen LogP contribution in [0.5, 0.6) is 0 Å². The summed E-state index contributed by atoms with van der Waals surface area (Å²) in [6, 6.07) is 0. The van der Waals surface area contributed by atoms with E-state index in [1.165, 1.54) is 238 Å². The van der Waals surface area contributed by atoms with Crippen LogP contribution in [0.2, 0.25) is 0 Å². The molecule has 0 spiro atoms. The summed E-state index contributed by atoms with van der Waals surface area (Å²) in [7, 11) is -4.40. The van der Waals surface area contributed by atoms with E-state index in [2.05, 4.69) is 74.6 Å². The third kappa shape index (κ3) is 66.7. The molecule has 0 radical (unpaired) electrons. The lowest BCUT2D eigenvalue weighted by atomic mass is 10.0. The lowest BCUT2D eigenvalue weighted by Gasteiger charge is -2.19. The van der Waals surface area contributed by atoms with Crippen LogP contribution in [0.15, 0.2) is 60.8 Å². The molecule has 474 valence electrons. The molecule has 3 N–H and O–H groups in total. The first-order valence-corrected chi connectivity index (χ1v) is 36.3. The highest BCUT2D eigenvalue weighted by molar-refractivity contribution is 7.47. The molecule has 0 aromatic carbocycles. The van der Waals surface area contributed by atoms with Crippen LogP contribution in [0.3, 0.4) is 0 Å². The predicted molar refractivity (Wildman–Crippen MR) is 349 cm³/mol. The molecule has 0 bridgehead atoms.